The lowest BCUT2D eigenvalue weighted by Crippen LogP contribution is -2.28. The average molecular weight is 390 g/mol. The van der Waals surface area contributed by atoms with Crippen LogP contribution >= 0.6 is 0 Å². The molecule has 1 aliphatic heterocycles. The molecule has 0 saturated carbocycles. The van der Waals surface area contributed by atoms with Gasteiger partial charge in [-0.05, 0) is 36.5 Å². The summed E-state index contributed by atoms with van der Waals surface area (Å²) in [4.78, 5) is 0.324. The third-order valence-corrected chi connectivity index (χ3v) is 6.99. The van der Waals surface area contributed by atoms with Crippen molar-refractivity contribution >= 4 is 10.0 Å². The van der Waals surface area contributed by atoms with Crippen LogP contribution in [-0.2, 0) is 10.0 Å². The molecular weight excluding hydrogens is 362 g/mol. The van der Waals surface area contributed by atoms with Crippen molar-refractivity contribution in [1.82, 2.24) is 4.31 Å². The topological polar surface area (TPSA) is 55.8 Å². The summed E-state index contributed by atoms with van der Waals surface area (Å²) >= 11 is 0. The maximum Gasteiger partial charge on any atom is 0.243 e. The summed E-state index contributed by atoms with van der Waals surface area (Å²) in [6.07, 6.45) is 1.81. The van der Waals surface area contributed by atoms with Crippen molar-refractivity contribution in [3.63, 3.8) is 0 Å². The van der Waals surface area contributed by atoms with Gasteiger partial charge in [0, 0.05) is 30.3 Å². The van der Waals surface area contributed by atoms with Gasteiger partial charge in [-0.15, -0.1) is 0 Å². The lowest BCUT2D eigenvalue weighted by Gasteiger charge is -2.21. The molecule has 0 spiro atoms. The molecule has 1 aliphatic rings. The van der Waals surface area contributed by atoms with Crippen molar-refractivity contribution in [2.45, 2.75) is 37.5 Å². The van der Waals surface area contributed by atoms with Crippen LogP contribution in [0.4, 0.5) is 0 Å². The van der Waals surface area contributed by atoms with Gasteiger partial charge >= 0.3 is 0 Å². The molecule has 27 heavy (non-hydrogen) atoms. The summed E-state index contributed by atoms with van der Waals surface area (Å²) in [5.41, 5.74) is 2.44. The van der Waals surface area contributed by atoms with Crippen LogP contribution in [0, 0.1) is 0 Å². The molecule has 0 aliphatic carbocycles. The first kappa shape index (κ1) is 19.7. The van der Waals surface area contributed by atoms with Crippen LogP contribution in [0.3, 0.4) is 0 Å². The number of hydrogen-bond acceptors (Lipinski definition) is 4. The second-order valence-corrected chi connectivity index (χ2v) is 8.96. The third-order valence-electron chi connectivity index (χ3n) is 5.03. The van der Waals surface area contributed by atoms with E-state index in [1.165, 1.54) is 0 Å². The molecule has 0 aromatic heterocycles. The number of methoxy groups -OCH3 is 2. The lowest BCUT2D eigenvalue weighted by molar-refractivity contribution is 0.390. The van der Waals surface area contributed by atoms with Crippen molar-refractivity contribution in [2.24, 2.45) is 0 Å². The van der Waals surface area contributed by atoms with E-state index in [2.05, 4.69) is 13.8 Å². The van der Waals surface area contributed by atoms with Gasteiger partial charge in [-0.1, -0.05) is 32.0 Å². The Morgan fingerprint density at radius 3 is 2.15 bits per heavy atom. The third kappa shape index (κ3) is 3.69. The fraction of sp³-hybridized carbons (Fsp3) is 0.429. The highest BCUT2D eigenvalue weighted by Gasteiger charge is 2.30. The van der Waals surface area contributed by atoms with E-state index in [0.29, 0.717) is 29.3 Å². The lowest BCUT2D eigenvalue weighted by atomic mass is 9.95. The molecule has 0 N–H and O–H groups in total. The number of benzene rings is 2. The Morgan fingerprint density at radius 1 is 0.926 bits per heavy atom. The maximum absolute atomic E-state index is 13.2. The number of ether oxygens (including phenoxy) is 2. The first-order valence-corrected chi connectivity index (χ1v) is 10.7. The molecule has 0 radical (unpaired) electrons. The van der Waals surface area contributed by atoms with E-state index in [1.54, 1.807) is 30.7 Å². The van der Waals surface area contributed by atoms with Crippen molar-refractivity contribution < 1.29 is 17.9 Å². The van der Waals surface area contributed by atoms with Gasteiger partial charge in [-0.2, -0.15) is 4.31 Å². The highest BCUT2D eigenvalue weighted by Crippen LogP contribution is 2.41. The smallest absolute Gasteiger partial charge is 0.243 e. The Kier molecular flexibility index (Phi) is 5.77. The minimum atomic E-state index is -3.54. The quantitative estimate of drug-likeness (QED) is 0.740. The van der Waals surface area contributed by atoms with Gasteiger partial charge in [0.05, 0.1) is 19.1 Å². The Morgan fingerprint density at radius 2 is 1.56 bits per heavy atom. The molecule has 3 rings (SSSR count). The van der Waals surface area contributed by atoms with Crippen molar-refractivity contribution in [2.75, 3.05) is 27.3 Å². The molecule has 2 aromatic carbocycles. The van der Waals surface area contributed by atoms with Crippen LogP contribution in [0.5, 0.6) is 11.5 Å². The summed E-state index contributed by atoms with van der Waals surface area (Å²) in [7, 11) is -0.325. The largest absolute Gasteiger partial charge is 0.496 e. The Bertz CT molecular complexity index is 916. The van der Waals surface area contributed by atoms with E-state index in [-0.39, 0.29) is 5.92 Å². The molecule has 1 saturated heterocycles. The Balaban J connectivity index is 2.22. The minimum Gasteiger partial charge on any atom is -0.496 e. The van der Waals surface area contributed by atoms with Crippen LogP contribution in [-0.4, -0.2) is 40.0 Å². The zero-order chi connectivity index (χ0) is 19.6. The SMILES string of the molecule is COc1cc(OC)c(C(C)C)cc1-c1ccccc1S(=O)(=O)N1CCCC1. The predicted molar refractivity (Wildman–Crippen MR) is 107 cm³/mol. The van der Waals surface area contributed by atoms with Crippen LogP contribution in [0.15, 0.2) is 41.3 Å². The summed E-state index contributed by atoms with van der Waals surface area (Å²) in [5.74, 6) is 1.57. The van der Waals surface area contributed by atoms with Gasteiger partial charge < -0.3 is 9.47 Å². The molecule has 5 nitrogen and oxygen atoms in total. The van der Waals surface area contributed by atoms with Crippen molar-refractivity contribution in [1.29, 1.82) is 0 Å². The molecule has 0 unspecified atom stereocenters. The summed E-state index contributed by atoms with van der Waals surface area (Å²) in [5, 5.41) is 0. The standard InChI is InChI=1S/C21H27NO4S/c1-15(2)17-13-18(20(26-4)14-19(17)25-3)16-9-5-6-10-21(16)27(23,24)22-11-7-8-12-22/h5-6,9-10,13-15H,7-8,11-12H2,1-4H3. The fourth-order valence-electron chi connectivity index (χ4n) is 3.57. The number of nitrogens with zero attached hydrogens (tertiary/aromatic N) is 1. The summed E-state index contributed by atoms with van der Waals surface area (Å²) in [6, 6.07) is 11.0. The van der Waals surface area contributed by atoms with E-state index >= 15 is 0 Å². The highest BCUT2D eigenvalue weighted by molar-refractivity contribution is 7.89. The molecule has 6 heteroatoms. The summed E-state index contributed by atoms with van der Waals surface area (Å²) in [6.45, 7) is 5.32. The molecule has 0 bridgehead atoms. The average Bonchev–Trinajstić information content (AvgIpc) is 3.22. The molecule has 0 atom stereocenters. The van der Waals surface area contributed by atoms with E-state index in [0.717, 1.165) is 29.7 Å². The fourth-order valence-corrected chi connectivity index (χ4v) is 5.29. The van der Waals surface area contributed by atoms with Gasteiger partial charge in [-0.3, -0.25) is 0 Å². The maximum atomic E-state index is 13.2. The molecule has 146 valence electrons. The van der Waals surface area contributed by atoms with Gasteiger partial charge in [0.25, 0.3) is 0 Å². The van der Waals surface area contributed by atoms with Gasteiger partial charge in [0.2, 0.25) is 10.0 Å². The second-order valence-electron chi connectivity index (χ2n) is 7.06. The van der Waals surface area contributed by atoms with Crippen LogP contribution in [0.2, 0.25) is 0 Å². The Labute approximate surface area is 162 Å². The van der Waals surface area contributed by atoms with Crippen LogP contribution < -0.4 is 9.47 Å². The first-order chi connectivity index (χ1) is 12.9. The highest BCUT2D eigenvalue weighted by atomic mass is 32.2. The van der Waals surface area contributed by atoms with E-state index in [9.17, 15) is 8.42 Å². The normalized spacial score (nSPS) is 15.3. The Hall–Kier alpha value is -2.05. The van der Waals surface area contributed by atoms with Crippen molar-refractivity contribution in [3.05, 3.63) is 42.0 Å². The number of sulfonamides is 1. The zero-order valence-corrected chi connectivity index (χ0v) is 17.2. The number of rotatable bonds is 6. The van der Waals surface area contributed by atoms with E-state index in [4.69, 9.17) is 9.47 Å². The second kappa shape index (κ2) is 7.90. The van der Waals surface area contributed by atoms with Gasteiger partial charge in [0.15, 0.2) is 0 Å². The van der Waals surface area contributed by atoms with Crippen LogP contribution in [0.1, 0.15) is 38.2 Å². The van der Waals surface area contributed by atoms with Crippen LogP contribution in [0.25, 0.3) is 11.1 Å². The predicted octanol–water partition coefficient (Wildman–Crippen LogP) is 4.28. The molecule has 1 fully saturated rings. The van der Waals surface area contributed by atoms with E-state index < -0.39 is 10.0 Å². The zero-order valence-electron chi connectivity index (χ0n) is 16.4. The number of hydrogen-bond donors (Lipinski definition) is 0. The molecule has 2 aromatic rings. The first-order valence-electron chi connectivity index (χ1n) is 9.25. The summed E-state index contributed by atoms with van der Waals surface area (Å²) < 4.78 is 39.1. The van der Waals surface area contributed by atoms with E-state index in [1.807, 2.05) is 24.3 Å². The van der Waals surface area contributed by atoms with Crippen molar-refractivity contribution in [3.8, 4) is 22.6 Å². The molecule has 0 amide bonds. The molecular formula is C21H27NO4S. The minimum absolute atomic E-state index is 0.229. The van der Waals surface area contributed by atoms with Gasteiger partial charge in [0.1, 0.15) is 11.5 Å². The molecule has 1 heterocycles. The monoisotopic (exact) mass is 389 g/mol. The van der Waals surface area contributed by atoms with Gasteiger partial charge in [-0.25, -0.2) is 8.42 Å².